The zero-order valence-corrected chi connectivity index (χ0v) is 46.0. The molecule has 0 saturated carbocycles. The van der Waals surface area contributed by atoms with Crippen LogP contribution in [0.15, 0.2) is 130 Å². The lowest BCUT2D eigenvalue weighted by molar-refractivity contribution is -0.156. The van der Waals surface area contributed by atoms with Gasteiger partial charge in [0.05, 0.1) is 11.5 Å². The van der Waals surface area contributed by atoms with Crippen molar-refractivity contribution in [2.75, 3.05) is 37.7 Å². The predicted molar refractivity (Wildman–Crippen MR) is 287 cm³/mol. The largest absolute Gasteiger partial charge is 0.454 e. The topological polar surface area (TPSA) is 278 Å². The highest BCUT2D eigenvalue weighted by Crippen LogP contribution is 2.42. The fraction of sp³-hybridized carbons (Fsp3) is 0.481. The molecule has 18 nitrogen and oxygen atoms in total. The van der Waals surface area contributed by atoms with Gasteiger partial charge in [0.2, 0.25) is 0 Å². The van der Waals surface area contributed by atoms with Gasteiger partial charge in [-0.2, -0.15) is 16.8 Å². The second-order valence-electron chi connectivity index (χ2n) is 19.5. The van der Waals surface area contributed by atoms with Crippen molar-refractivity contribution in [1.29, 1.82) is 0 Å². The SMILES string of the molecule is CC(C=CC=C(C)C=CC1=C(C)C(=O)C(OC(=O)CCCNC(=O)NCCS(=O)(=O)O)CC1(C)C)=CC=CC=C(C)C=CC=C(C)C=CC1=C(C)C(=O)C(OC(=O)CCCNC(=O)NCCS(=O)(=O)O)CC1(C)C. The van der Waals surface area contributed by atoms with E-state index < -0.39 is 78.8 Å². The summed E-state index contributed by atoms with van der Waals surface area (Å²) < 4.78 is 71.6. The molecule has 408 valence electrons. The molecule has 0 aromatic rings. The fourth-order valence-corrected chi connectivity index (χ4v) is 8.49. The number of rotatable bonds is 26. The minimum Gasteiger partial charge on any atom is -0.454 e. The molecule has 0 bridgehead atoms. The van der Waals surface area contributed by atoms with Crippen molar-refractivity contribution >= 4 is 55.8 Å². The number of Topliss-reactive ketones (excluding diaryl/α,β-unsaturated/α-hetero) is 2. The Morgan fingerprint density at radius 3 is 1.19 bits per heavy atom. The summed E-state index contributed by atoms with van der Waals surface area (Å²) in [4.78, 5) is 75.1. The minimum absolute atomic E-state index is 0.0330. The summed E-state index contributed by atoms with van der Waals surface area (Å²) in [6, 6.07) is -1.28. The summed E-state index contributed by atoms with van der Waals surface area (Å²) in [5, 5.41) is 9.54. The van der Waals surface area contributed by atoms with Gasteiger partial charge in [0.15, 0.2) is 23.8 Å². The van der Waals surface area contributed by atoms with Crippen molar-refractivity contribution in [3.63, 3.8) is 0 Å². The Labute approximate surface area is 437 Å². The molecular formula is C54H76N4O14S2. The van der Waals surface area contributed by atoms with Crippen LogP contribution in [0.5, 0.6) is 0 Å². The van der Waals surface area contributed by atoms with E-state index in [-0.39, 0.29) is 63.4 Å². The van der Waals surface area contributed by atoms with Gasteiger partial charge in [-0.3, -0.25) is 28.3 Å². The molecule has 2 aliphatic rings. The van der Waals surface area contributed by atoms with Crippen LogP contribution < -0.4 is 21.3 Å². The van der Waals surface area contributed by atoms with Crippen LogP contribution in [0, 0.1) is 10.8 Å². The maximum Gasteiger partial charge on any atom is 0.314 e. The van der Waals surface area contributed by atoms with E-state index in [0.29, 0.717) is 24.0 Å². The van der Waals surface area contributed by atoms with E-state index >= 15 is 0 Å². The second kappa shape index (κ2) is 30.2. The summed E-state index contributed by atoms with van der Waals surface area (Å²) in [5.74, 6) is -2.89. The first-order valence-corrected chi connectivity index (χ1v) is 27.5. The monoisotopic (exact) mass is 1070 g/mol. The van der Waals surface area contributed by atoms with E-state index in [0.717, 1.165) is 33.4 Å². The lowest BCUT2D eigenvalue weighted by atomic mass is 9.71. The average molecular weight is 1070 g/mol. The van der Waals surface area contributed by atoms with Crippen molar-refractivity contribution in [3.05, 3.63) is 130 Å². The maximum atomic E-state index is 13.3. The number of carbonyl (C=O) groups is 6. The molecule has 0 aromatic heterocycles. The van der Waals surface area contributed by atoms with Gasteiger partial charge in [0.1, 0.15) is 0 Å². The first-order chi connectivity index (χ1) is 34.4. The summed E-state index contributed by atoms with van der Waals surface area (Å²) in [6.07, 6.45) is 26.7. The van der Waals surface area contributed by atoms with Crippen LogP contribution in [-0.2, 0) is 48.9 Å². The third-order valence-electron chi connectivity index (χ3n) is 11.8. The first kappa shape index (κ1) is 63.9. The smallest absolute Gasteiger partial charge is 0.314 e. The number of allylic oxidation sites excluding steroid dienone is 20. The second-order valence-corrected chi connectivity index (χ2v) is 22.6. The lowest BCUT2D eigenvalue weighted by Gasteiger charge is -2.36. The Balaban J connectivity index is 1.88. The third kappa shape index (κ3) is 25.1. The molecule has 0 aliphatic heterocycles. The van der Waals surface area contributed by atoms with Crippen LogP contribution in [0.25, 0.3) is 0 Å². The highest BCUT2D eigenvalue weighted by molar-refractivity contribution is 7.86. The molecule has 2 rings (SSSR count). The number of esters is 2. The van der Waals surface area contributed by atoms with Crippen molar-refractivity contribution in [3.8, 4) is 0 Å². The quantitative estimate of drug-likeness (QED) is 0.0208. The molecule has 0 aromatic carbocycles. The standard InChI is InChI=1S/C54H76N4O14S2/c1-37(19-13-21-39(3)25-27-43-41(5)49(61)45(35-53(43,7)8)71-47(59)23-15-29-55-51(63)57-31-33-73(65,66)67)17-11-12-18-38(2)20-14-22-40(4)26-28-44-42(6)50(62)46(36-54(44,9)10)72-48(60)24-16-30-56-52(64)58-32-34-74(68,69)70/h11-14,17-22,25-28,45-46H,15-16,23-24,29-36H2,1-10H3,(H2,55,57,63)(H2,56,58,64)(H,65,66,67)(H,68,69,70). The molecular weight excluding hydrogens is 993 g/mol. The highest BCUT2D eigenvalue weighted by Gasteiger charge is 2.41. The Morgan fingerprint density at radius 1 is 0.541 bits per heavy atom. The Kier molecular flexibility index (Phi) is 26.1. The van der Waals surface area contributed by atoms with Crippen molar-refractivity contribution in [2.45, 2.75) is 120 Å². The maximum absolute atomic E-state index is 13.3. The highest BCUT2D eigenvalue weighted by atomic mass is 32.2. The van der Waals surface area contributed by atoms with Crippen LogP contribution in [0.3, 0.4) is 0 Å². The zero-order valence-electron chi connectivity index (χ0n) is 44.3. The Bertz CT molecular complexity index is 2480. The van der Waals surface area contributed by atoms with Crippen molar-refractivity contribution < 1.29 is 64.2 Å². The summed E-state index contributed by atoms with van der Waals surface area (Å²) in [7, 11) is -8.39. The number of urea groups is 2. The van der Waals surface area contributed by atoms with Crippen LogP contribution in [0.4, 0.5) is 9.59 Å². The van der Waals surface area contributed by atoms with Gasteiger partial charge < -0.3 is 30.7 Å². The number of hydrogen-bond donors (Lipinski definition) is 6. The van der Waals surface area contributed by atoms with Gasteiger partial charge in [0.25, 0.3) is 20.2 Å². The normalized spacial score (nSPS) is 19.4. The number of ether oxygens (including phenoxy) is 2. The fourth-order valence-electron chi connectivity index (χ4n) is 7.77. The van der Waals surface area contributed by atoms with E-state index in [4.69, 9.17) is 18.6 Å². The first-order valence-electron chi connectivity index (χ1n) is 24.3. The molecule has 0 heterocycles. The Hall–Kier alpha value is -6.22. The lowest BCUT2D eigenvalue weighted by Crippen LogP contribution is -2.39. The molecule has 74 heavy (non-hydrogen) atoms. The molecule has 2 unspecified atom stereocenters. The van der Waals surface area contributed by atoms with E-state index in [1.54, 1.807) is 13.8 Å². The van der Waals surface area contributed by atoms with Crippen LogP contribution in [0.1, 0.15) is 108 Å². The van der Waals surface area contributed by atoms with Crippen molar-refractivity contribution in [1.82, 2.24) is 21.3 Å². The Morgan fingerprint density at radius 2 is 0.851 bits per heavy atom. The van der Waals surface area contributed by atoms with E-state index in [1.165, 1.54) is 0 Å². The number of carbonyl (C=O) groups excluding carboxylic acids is 6. The van der Waals surface area contributed by atoms with Gasteiger partial charge in [-0.05, 0) is 87.5 Å². The van der Waals surface area contributed by atoms with E-state index in [1.807, 2.05) is 140 Å². The molecule has 6 N–H and O–H groups in total. The number of hydrogen-bond acceptors (Lipinski definition) is 12. The zero-order chi connectivity index (χ0) is 55.9. The number of ketones is 2. The van der Waals surface area contributed by atoms with Crippen LogP contribution in [-0.4, -0.2) is 111 Å². The van der Waals surface area contributed by atoms with Gasteiger partial charge in [-0.1, -0.05) is 135 Å². The van der Waals surface area contributed by atoms with Gasteiger partial charge in [0, 0.05) is 51.9 Å². The van der Waals surface area contributed by atoms with E-state index in [9.17, 15) is 45.6 Å². The molecule has 0 fully saturated rings. The van der Waals surface area contributed by atoms with Crippen molar-refractivity contribution in [2.24, 2.45) is 10.8 Å². The molecule has 0 saturated heterocycles. The summed E-state index contributed by atoms with van der Waals surface area (Å²) in [5.41, 5.74) is 5.84. The van der Waals surface area contributed by atoms with Gasteiger partial charge in [-0.15, -0.1) is 0 Å². The molecule has 20 heteroatoms. The van der Waals surface area contributed by atoms with Gasteiger partial charge >= 0.3 is 24.0 Å². The molecule has 0 radical (unpaired) electrons. The average Bonchev–Trinajstić information content (AvgIpc) is 3.27. The van der Waals surface area contributed by atoms with Crippen LogP contribution >= 0.6 is 0 Å². The molecule has 2 atom stereocenters. The number of amides is 4. The van der Waals surface area contributed by atoms with E-state index in [2.05, 4.69) is 21.3 Å². The molecule has 2 aliphatic carbocycles. The summed E-state index contributed by atoms with van der Waals surface area (Å²) in [6.45, 7) is 19.1. The van der Waals surface area contributed by atoms with Crippen LogP contribution in [0.2, 0.25) is 0 Å². The third-order valence-corrected chi connectivity index (χ3v) is 13.2. The summed E-state index contributed by atoms with van der Waals surface area (Å²) >= 11 is 0. The minimum atomic E-state index is -4.19. The number of nitrogens with one attached hydrogen (secondary N) is 4. The molecule has 0 spiro atoms. The molecule has 4 amide bonds. The van der Waals surface area contributed by atoms with Gasteiger partial charge in [-0.25, -0.2) is 9.59 Å². The predicted octanol–water partition coefficient (Wildman–Crippen LogP) is 7.94.